The minimum Gasteiger partial charge on any atom is -0.337 e. The minimum atomic E-state index is -0.0223. The molecule has 0 aromatic carbocycles. The molecule has 1 unspecified atom stereocenters. The van der Waals surface area contributed by atoms with Gasteiger partial charge in [0.15, 0.2) is 0 Å². The van der Waals surface area contributed by atoms with Crippen molar-refractivity contribution < 1.29 is 4.79 Å². The lowest BCUT2D eigenvalue weighted by Crippen LogP contribution is -2.33. The largest absolute Gasteiger partial charge is 0.337 e. The normalized spacial score (nSPS) is 19.2. The molecule has 0 radical (unpaired) electrons. The van der Waals surface area contributed by atoms with Crippen LogP contribution in [0.5, 0.6) is 0 Å². The molecule has 1 saturated heterocycles. The Balaban J connectivity index is 0.00000144. The van der Waals surface area contributed by atoms with Crippen molar-refractivity contribution in [1.29, 1.82) is 0 Å². The predicted octanol–water partition coefficient (Wildman–Crippen LogP) is 2.91. The fourth-order valence-corrected chi connectivity index (χ4v) is 3.28. The third kappa shape index (κ3) is 3.26. The Hall–Kier alpha value is -0.000000000000000222. The summed E-state index contributed by atoms with van der Waals surface area (Å²) >= 11 is 13.0. The second-order valence-corrected chi connectivity index (χ2v) is 6.05. The fraction of sp³-hybridized carbons (Fsp3) is 0.500. The van der Waals surface area contributed by atoms with Crippen LogP contribution in [0.1, 0.15) is 16.8 Å². The molecule has 1 N–H and O–H groups in total. The van der Waals surface area contributed by atoms with Crippen molar-refractivity contribution in [3.05, 3.63) is 20.3 Å². The van der Waals surface area contributed by atoms with Crippen LogP contribution < -0.4 is 5.32 Å². The summed E-state index contributed by atoms with van der Waals surface area (Å²) in [6.07, 6.45) is 0.984. The molecule has 17 heavy (non-hydrogen) atoms. The zero-order valence-corrected chi connectivity index (χ0v) is 12.3. The van der Waals surface area contributed by atoms with E-state index in [1.807, 2.05) is 11.9 Å². The molecule has 2 heterocycles. The Morgan fingerprint density at radius 1 is 1.59 bits per heavy atom. The van der Waals surface area contributed by atoms with E-state index in [9.17, 15) is 4.79 Å². The lowest BCUT2D eigenvalue weighted by Gasteiger charge is -2.15. The van der Waals surface area contributed by atoms with Gasteiger partial charge in [0.2, 0.25) is 0 Å². The van der Waals surface area contributed by atoms with E-state index in [2.05, 4.69) is 5.32 Å². The molecule has 7 heteroatoms. The van der Waals surface area contributed by atoms with E-state index in [-0.39, 0.29) is 18.3 Å². The van der Waals surface area contributed by atoms with Gasteiger partial charge in [-0.15, -0.1) is 23.7 Å². The highest BCUT2D eigenvalue weighted by Gasteiger charge is 2.27. The number of thiophene rings is 1. The third-order valence-corrected chi connectivity index (χ3v) is 4.26. The molecule has 3 nitrogen and oxygen atoms in total. The van der Waals surface area contributed by atoms with Crippen molar-refractivity contribution in [2.75, 3.05) is 20.1 Å². The zero-order valence-electron chi connectivity index (χ0n) is 9.20. The highest BCUT2D eigenvalue weighted by Crippen LogP contribution is 2.32. The molecule has 0 bridgehead atoms. The summed E-state index contributed by atoms with van der Waals surface area (Å²) in [5.74, 6) is -0.0223. The summed E-state index contributed by atoms with van der Waals surface area (Å²) in [6, 6.07) is 2.03. The van der Waals surface area contributed by atoms with E-state index in [4.69, 9.17) is 23.2 Å². The summed E-state index contributed by atoms with van der Waals surface area (Å²) in [4.78, 5) is 13.9. The molecule has 1 aliphatic heterocycles. The number of amides is 1. The lowest BCUT2D eigenvalue weighted by atomic mass is 10.3. The van der Waals surface area contributed by atoms with Crippen molar-refractivity contribution >= 4 is 52.9 Å². The van der Waals surface area contributed by atoms with Crippen LogP contribution in [0.25, 0.3) is 0 Å². The summed E-state index contributed by atoms with van der Waals surface area (Å²) in [7, 11) is 1.91. The smallest absolute Gasteiger partial charge is 0.256 e. The third-order valence-electron chi connectivity index (χ3n) is 2.77. The number of carbonyl (C=O) groups excluding carboxylic acids is 1. The Kier molecular flexibility index (Phi) is 5.54. The van der Waals surface area contributed by atoms with Gasteiger partial charge in [0.25, 0.3) is 5.91 Å². The molecular formula is C10H13Cl3N2OS. The number of carbonyl (C=O) groups is 1. The molecule has 1 amide bonds. The van der Waals surface area contributed by atoms with Crippen molar-refractivity contribution in [2.24, 2.45) is 0 Å². The highest BCUT2D eigenvalue weighted by atomic mass is 35.5. The average molecular weight is 316 g/mol. The number of nitrogens with zero attached hydrogens (tertiary/aromatic N) is 1. The highest BCUT2D eigenvalue weighted by molar-refractivity contribution is 7.20. The molecule has 1 aliphatic rings. The summed E-state index contributed by atoms with van der Waals surface area (Å²) in [5, 5.41) is 3.17. The lowest BCUT2D eigenvalue weighted by molar-refractivity contribution is 0.0790. The van der Waals surface area contributed by atoms with Crippen LogP contribution in [-0.2, 0) is 0 Å². The Labute approximate surface area is 120 Å². The Morgan fingerprint density at radius 2 is 2.29 bits per heavy atom. The van der Waals surface area contributed by atoms with Gasteiger partial charge in [0, 0.05) is 19.1 Å². The van der Waals surface area contributed by atoms with Crippen LogP contribution in [0.2, 0.25) is 8.67 Å². The molecule has 1 aromatic heterocycles. The quantitative estimate of drug-likeness (QED) is 0.910. The van der Waals surface area contributed by atoms with Gasteiger partial charge in [0.1, 0.15) is 4.34 Å². The molecule has 1 aromatic rings. The van der Waals surface area contributed by atoms with E-state index < -0.39 is 0 Å². The molecule has 1 fully saturated rings. The van der Waals surface area contributed by atoms with Crippen molar-refractivity contribution in [3.8, 4) is 0 Å². The second-order valence-electron chi connectivity index (χ2n) is 3.76. The molecule has 96 valence electrons. The number of nitrogens with one attached hydrogen (secondary N) is 1. The van der Waals surface area contributed by atoms with Gasteiger partial charge in [0.05, 0.1) is 9.90 Å². The number of likely N-dealkylation sites (tertiary alicyclic amines) is 1. The number of hydrogen-bond donors (Lipinski definition) is 1. The van der Waals surface area contributed by atoms with Gasteiger partial charge in [-0.3, -0.25) is 4.79 Å². The van der Waals surface area contributed by atoms with Crippen LogP contribution in [0, 0.1) is 0 Å². The average Bonchev–Trinajstić information content (AvgIpc) is 2.84. The Morgan fingerprint density at radius 3 is 2.76 bits per heavy atom. The van der Waals surface area contributed by atoms with Crippen LogP contribution in [0.15, 0.2) is 6.07 Å². The molecule has 0 saturated carbocycles. The van der Waals surface area contributed by atoms with E-state index in [1.165, 1.54) is 11.3 Å². The number of hydrogen-bond acceptors (Lipinski definition) is 3. The summed E-state index contributed by atoms with van der Waals surface area (Å²) < 4.78 is 1.03. The Bertz CT molecular complexity index is 410. The first kappa shape index (κ1) is 15.1. The van der Waals surface area contributed by atoms with E-state index in [0.717, 1.165) is 19.5 Å². The SMILES string of the molecule is CNC1CCN(C(=O)c2cc(Cl)sc2Cl)C1.Cl. The first-order chi connectivity index (χ1) is 7.61. The van der Waals surface area contributed by atoms with Crippen LogP contribution in [-0.4, -0.2) is 37.0 Å². The maximum Gasteiger partial charge on any atom is 0.256 e. The van der Waals surface area contributed by atoms with Gasteiger partial charge in [-0.05, 0) is 19.5 Å². The molecule has 0 spiro atoms. The van der Waals surface area contributed by atoms with Gasteiger partial charge < -0.3 is 10.2 Å². The van der Waals surface area contributed by atoms with Gasteiger partial charge in [-0.1, -0.05) is 23.2 Å². The van der Waals surface area contributed by atoms with Gasteiger partial charge in [-0.2, -0.15) is 0 Å². The topological polar surface area (TPSA) is 32.3 Å². The van der Waals surface area contributed by atoms with Crippen LogP contribution in [0.4, 0.5) is 0 Å². The maximum absolute atomic E-state index is 12.1. The van der Waals surface area contributed by atoms with E-state index in [1.54, 1.807) is 6.07 Å². The van der Waals surface area contributed by atoms with Crippen molar-refractivity contribution in [3.63, 3.8) is 0 Å². The van der Waals surface area contributed by atoms with Crippen LogP contribution in [0.3, 0.4) is 0 Å². The predicted molar refractivity (Wildman–Crippen MR) is 75.0 cm³/mol. The summed E-state index contributed by atoms with van der Waals surface area (Å²) in [5.41, 5.74) is 0.522. The molecule has 1 atom stereocenters. The van der Waals surface area contributed by atoms with Gasteiger partial charge in [-0.25, -0.2) is 0 Å². The second kappa shape index (κ2) is 6.25. The minimum absolute atomic E-state index is 0. The van der Waals surface area contributed by atoms with Crippen LogP contribution >= 0.6 is 46.9 Å². The molecule has 2 rings (SSSR count). The first-order valence-corrected chi connectivity index (χ1v) is 6.60. The molecule has 0 aliphatic carbocycles. The van der Waals surface area contributed by atoms with Crippen molar-refractivity contribution in [1.82, 2.24) is 10.2 Å². The van der Waals surface area contributed by atoms with Gasteiger partial charge >= 0.3 is 0 Å². The summed E-state index contributed by atoms with van der Waals surface area (Å²) in [6.45, 7) is 1.51. The van der Waals surface area contributed by atoms with E-state index >= 15 is 0 Å². The molecular weight excluding hydrogens is 303 g/mol. The number of halogens is 3. The van der Waals surface area contributed by atoms with Crippen molar-refractivity contribution in [2.45, 2.75) is 12.5 Å². The van der Waals surface area contributed by atoms with E-state index in [0.29, 0.717) is 20.3 Å². The standard InChI is InChI=1S/C10H12Cl2N2OS.ClH/c1-13-6-2-3-14(5-6)10(15)7-4-8(11)16-9(7)12;/h4,6,13H,2-3,5H2,1H3;1H. The number of likely N-dealkylation sites (N-methyl/N-ethyl adjacent to an activating group) is 1. The maximum atomic E-state index is 12.1. The number of rotatable bonds is 2. The monoisotopic (exact) mass is 314 g/mol. The fourth-order valence-electron chi connectivity index (χ4n) is 1.84. The first-order valence-electron chi connectivity index (χ1n) is 5.03. The zero-order chi connectivity index (χ0) is 11.7.